The fourth-order valence-electron chi connectivity index (χ4n) is 2.98. The molecule has 0 aliphatic rings. The Morgan fingerprint density at radius 2 is 1.78 bits per heavy atom. The number of carbonyl (C=O) groups is 2. The van der Waals surface area contributed by atoms with E-state index in [0.29, 0.717) is 13.0 Å². The standard InChI is InChI=1S/C22H28N2O3/c1-15(2)18-10-7-8-16(3)22(18)24-21(26)14-20(25)23-13-12-17-9-5-6-11-19(17)27-4/h5-11,15H,12-14H2,1-4H3,(H,23,25)(H,24,26). The minimum Gasteiger partial charge on any atom is -0.496 e. The Balaban J connectivity index is 1.87. The lowest BCUT2D eigenvalue weighted by Gasteiger charge is -2.16. The van der Waals surface area contributed by atoms with E-state index in [1.807, 2.05) is 49.4 Å². The molecule has 0 aliphatic heterocycles. The summed E-state index contributed by atoms with van der Waals surface area (Å²) >= 11 is 0. The molecule has 2 rings (SSSR count). The van der Waals surface area contributed by atoms with Crippen molar-refractivity contribution in [3.63, 3.8) is 0 Å². The second kappa shape index (κ2) is 9.76. The first-order chi connectivity index (χ1) is 12.9. The second-order valence-electron chi connectivity index (χ2n) is 6.83. The van der Waals surface area contributed by atoms with Gasteiger partial charge >= 0.3 is 0 Å². The molecular weight excluding hydrogens is 340 g/mol. The number of amides is 2. The fourth-order valence-corrected chi connectivity index (χ4v) is 2.98. The number of aryl methyl sites for hydroxylation is 1. The van der Waals surface area contributed by atoms with Crippen LogP contribution in [0.2, 0.25) is 0 Å². The van der Waals surface area contributed by atoms with Gasteiger partial charge in [0.25, 0.3) is 0 Å². The number of hydrogen-bond donors (Lipinski definition) is 2. The zero-order valence-corrected chi connectivity index (χ0v) is 16.5. The van der Waals surface area contributed by atoms with Crippen molar-refractivity contribution in [3.8, 4) is 5.75 Å². The average molecular weight is 368 g/mol. The molecule has 0 bridgehead atoms. The predicted molar refractivity (Wildman–Crippen MR) is 108 cm³/mol. The van der Waals surface area contributed by atoms with Gasteiger partial charge in [-0.25, -0.2) is 0 Å². The lowest BCUT2D eigenvalue weighted by atomic mass is 9.98. The number of para-hydroxylation sites is 2. The molecular formula is C22H28N2O3. The molecule has 27 heavy (non-hydrogen) atoms. The van der Waals surface area contributed by atoms with E-state index in [0.717, 1.165) is 28.1 Å². The number of carbonyl (C=O) groups excluding carboxylic acids is 2. The van der Waals surface area contributed by atoms with Crippen LogP contribution in [0.4, 0.5) is 5.69 Å². The predicted octanol–water partition coefficient (Wildman–Crippen LogP) is 3.81. The summed E-state index contributed by atoms with van der Waals surface area (Å²) in [7, 11) is 1.62. The van der Waals surface area contributed by atoms with Crippen LogP contribution in [0.5, 0.6) is 5.75 Å². The molecule has 2 N–H and O–H groups in total. The van der Waals surface area contributed by atoms with Crippen molar-refractivity contribution in [2.24, 2.45) is 0 Å². The van der Waals surface area contributed by atoms with E-state index in [2.05, 4.69) is 24.5 Å². The van der Waals surface area contributed by atoms with Gasteiger partial charge in [-0.2, -0.15) is 0 Å². The largest absolute Gasteiger partial charge is 0.496 e. The molecule has 2 aromatic rings. The van der Waals surface area contributed by atoms with Crippen molar-refractivity contribution in [1.82, 2.24) is 5.32 Å². The zero-order valence-electron chi connectivity index (χ0n) is 16.5. The number of nitrogens with one attached hydrogen (secondary N) is 2. The van der Waals surface area contributed by atoms with Crippen LogP contribution in [0, 0.1) is 6.92 Å². The van der Waals surface area contributed by atoms with Crippen LogP contribution >= 0.6 is 0 Å². The van der Waals surface area contributed by atoms with Crippen LogP contribution in [0.1, 0.15) is 42.9 Å². The molecule has 0 unspecified atom stereocenters. The van der Waals surface area contributed by atoms with Gasteiger partial charge in [0, 0.05) is 12.2 Å². The third-order valence-electron chi connectivity index (χ3n) is 4.42. The molecule has 5 nitrogen and oxygen atoms in total. The normalized spacial score (nSPS) is 10.6. The second-order valence-corrected chi connectivity index (χ2v) is 6.83. The third-order valence-corrected chi connectivity index (χ3v) is 4.42. The lowest BCUT2D eigenvalue weighted by Crippen LogP contribution is -2.30. The molecule has 0 aliphatic carbocycles. The molecule has 0 saturated heterocycles. The average Bonchev–Trinajstić information content (AvgIpc) is 2.63. The molecule has 144 valence electrons. The van der Waals surface area contributed by atoms with Gasteiger partial charge in [-0.3, -0.25) is 9.59 Å². The van der Waals surface area contributed by atoms with Gasteiger partial charge in [0.2, 0.25) is 11.8 Å². The van der Waals surface area contributed by atoms with Gasteiger partial charge < -0.3 is 15.4 Å². The summed E-state index contributed by atoms with van der Waals surface area (Å²) in [5, 5.41) is 5.69. The maximum atomic E-state index is 12.3. The maximum absolute atomic E-state index is 12.3. The third kappa shape index (κ3) is 5.84. The van der Waals surface area contributed by atoms with E-state index in [1.165, 1.54) is 0 Å². The first-order valence-electron chi connectivity index (χ1n) is 9.20. The van der Waals surface area contributed by atoms with Crippen molar-refractivity contribution >= 4 is 17.5 Å². The molecule has 2 amide bonds. The SMILES string of the molecule is COc1ccccc1CCNC(=O)CC(=O)Nc1c(C)cccc1C(C)C. The van der Waals surface area contributed by atoms with Crippen LogP contribution in [-0.4, -0.2) is 25.5 Å². The van der Waals surface area contributed by atoms with Gasteiger partial charge in [0.1, 0.15) is 12.2 Å². The minimum absolute atomic E-state index is 0.197. The van der Waals surface area contributed by atoms with E-state index in [9.17, 15) is 9.59 Å². The number of benzene rings is 2. The van der Waals surface area contributed by atoms with Gasteiger partial charge in [-0.05, 0) is 42.0 Å². The first kappa shape index (κ1) is 20.5. The fraction of sp³-hybridized carbons (Fsp3) is 0.364. The highest BCUT2D eigenvalue weighted by molar-refractivity contribution is 6.04. The smallest absolute Gasteiger partial charge is 0.233 e. The minimum atomic E-state index is -0.305. The van der Waals surface area contributed by atoms with Crippen molar-refractivity contribution in [2.75, 3.05) is 19.0 Å². The summed E-state index contributed by atoms with van der Waals surface area (Å²) in [4.78, 5) is 24.4. The number of ether oxygens (including phenoxy) is 1. The first-order valence-corrected chi connectivity index (χ1v) is 9.20. The van der Waals surface area contributed by atoms with E-state index < -0.39 is 0 Å². The molecule has 2 aromatic carbocycles. The Hall–Kier alpha value is -2.82. The van der Waals surface area contributed by atoms with Crippen LogP contribution in [0.25, 0.3) is 0 Å². The summed E-state index contributed by atoms with van der Waals surface area (Å²) in [5.41, 5.74) is 3.89. The summed E-state index contributed by atoms with van der Waals surface area (Å²) in [6.07, 6.45) is 0.449. The van der Waals surface area contributed by atoms with Gasteiger partial charge in [0.15, 0.2) is 0 Å². The van der Waals surface area contributed by atoms with Crippen LogP contribution in [-0.2, 0) is 16.0 Å². The lowest BCUT2D eigenvalue weighted by molar-refractivity contribution is -0.126. The highest BCUT2D eigenvalue weighted by Crippen LogP contribution is 2.27. The summed E-state index contributed by atoms with van der Waals surface area (Å²) < 4.78 is 5.30. The van der Waals surface area contributed by atoms with Gasteiger partial charge in [0.05, 0.1) is 7.11 Å². The molecule has 0 heterocycles. The Labute approximate surface area is 161 Å². The Morgan fingerprint density at radius 3 is 2.48 bits per heavy atom. The van der Waals surface area contributed by atoms with Crippen molar-refractivity contribution in [2.45, 2.75) is 39.5 Å². The maximum Gasteiger partial charge on any atom is 0.233 e. The Kier molecular flexibility index (Phi) is 7.41. The number of rotatable bonds is 8. The highest BCUT2D eigenvalue weighted by Gasteiger charge is 2.14. The van der Waals surface area contributed by atoms with Crippen molar-refractivity contribution in [3.05, 3.63) is 59.2 Å². The van der Waals surface area contributed by atoms with E-state index in [1.54, 1.807) is 7.11 Å². The number of hydrogen-bond acceptors (Lipinski definition) is 3. The zero-order chi connectivity index (χ0) is 19.8. The molecule has 0 saturated carbocycles. The Morgan fingerprint density at radius 1 is 1.04 bits per heavy atom. The summed E-state index contributed by atoms with van der Waals surface area (Å²) in [5.74, 6) is 0.489. The van der Waals surface area contributed by atoms with Crippen LogP contribution < -0.4 is 15.4 Å². The number of methoxy groups -OCH3 is 1. The molecule has 5 heteroatoms. The van der Waals surface area contributed by atoms with Crippen molar-refractivity contribution in [1.29, 1.82) is 0 Å². The van der Waals surface area contributed by atoms with Crippen LogP contribution in [0.3, 0.4) is 0 Å². The molecule has 0 spiro atoms. The van der Waals surface area contributed by atoms with E-state index in [4.69, 9.17) is 4.74 Å². The summed E-state index contributed by atoms with van der Waals surface area (Å²) in [6.45, 7) is 6.56. The van der Waals surface area contributed by atoms with Gasteiger partial charge in [-0.1, -0.05) is 50.2 Å². The summed E-state index contributed by atoms with van der Waals surface area (Å²) in [6, 6.07) is 13.6. The number of anilines is 1. The quantitative estimate of drug-likeness (QED) is 0.696. The monoisotopic (exact) mass is 368 g/mol. The molecule has 0 radical (unpaired) electrons. The highest BCUT2D eigenvalue weighted by atomic mass is 16.5. The van der Waals surface area contributed by atoms with Crippen molar-refractivity contribution < 1.29 is 14.3 Å². The van der Waals surface area contributed by atoms with Crippen LogP contribution in [0.15, 0.2) is 42.5 Å². The molecule has 0 aromatic heterocycles. The molecule has 0 fully saturated rings. The van der Waals surface area contributed by atoms with E-state index >= 15 is 0 Å². The van der Waals surface area contributed by atoms with Gasteiger partial charge in [-0.15, -0.1) is 0 Å². The topological polar surface area (TPSA) is 67.4 Å². The Bertz CT molecular complexity index is 800. The molecule has 0 atom stereocenters. The van der Waals surface area contributed by atoms with E-state index in [-0.39, 0.29) is 24.2 Å².